The number of thiazole rings is 1. The van der Waals surface area contributed by atoms with E-state index in [2.05, 4.69) is 17.2 Å². The van der Waals surface area contributed by atoms with Gasteiger partial charge in [0.05, 0.1) is 5.51 Å². The van der Waals surface area contributed by atoms with E-state index in [1.54, 1.807) is 11.3 Å². The van der Waals surface area contributed by atoms with E-state index in [-0.39, 0.29) is 0 Å². The molecule has 0 amide bonds. The molecule has 1 fully saturated rings. The fraction of sp³-hybridized carbons (Fsp3) is 0.750. The predicted molar refractivity (Wildman–Crippen MR) is 65.0 cm³/mol. The fourth-order valence-corrected chi connectivity index (χ4v) is 2.90. The van der Waals surface area contributed by atoms with Gasteiger partial charge in [0.15, 0.2) is 0 Å². The summed E-state index contributed by atoms with van der Waals surface area (Å²) in [6, 6.07) is 0.717. The van der Waals surface area contributed by atoms with Crippen molar-refractivity contribution < 1.29 is 0 Å². The molecule has 0 aliphatic heterocycles. The first-order valence-corrected chi connectivity index (χ1v) is 6.85. The zero-order valence-corrected chi connectivity index (χ0v) is 10.2. The molecule has 2 nitrogen and oxygen atoms in total. The standard InChI is InChI=1S/C12H20N2S/c1-10-5-3-2-4-6-12(10)14-8-11-7-13-9-15-11/h7,9-10,12,14H,2-6,8H2,1H3. The molecule has 2 atom stereocenters. The van der Waals surface area contributed by atoms with Gasteiger partial charge in [0.2, 0.25) is 0 Å². The summed E-state index contributed by atoms with van der Waals surface area (Å²) in [7, 11) is 0. The van der Waals surface area contributed by atoms with Gasteiger partial charge < -0.3 is 5.32 Å². The van der Waals surface area contributed by atoms with E-state index in [9.17, 15) is 0 Å². The summed E-state index contributed by atoms with van der Waals surface area (Å²) in [5.74, 6) is 0.834. The fourth-order valence-electron chi connectivity index (χ4n) is 2.36. The van der Waals surface area contributed by atoms with Crippen molar-refractivity contribution in [2.45, 2.75) is 51.6 Å². The zero-order valence-electron chi connectivity index (χ0n) is 9.41. The highest BCUT2D eigenvalue weighted by atomic mass is 32.1. The average Bonchev–Trinajstić information content (AvgIpc) is 2.67. The molecule has 1 aliphatic carbocycles. The molecule has 0 saturated heterocycles. The van der Waals surface area contributed by atoms with E-state index in [0.717, 1.165) is 18.5 Å². The van der Waals surface area contributed by atoms with Crippen molar-refractivity contribution in [1.29, 1.82) is 0 Å². The van der Waals surface area contributed by atoms with Crippen LogP contribution in [0.25, 0.3) is 0 Å². The minimum atomic E-state index is 0.717. The Morgan fingerprint density at radius 1 is 1.40 bits per heavy atom. The SMILES string of the molecule is CC1CCCCCC1NCc1cncs1. The summed E-state index contributed by atoms with van der Waals surface area (Å²) in [6.45, 7) is 3.38. The Hall–Kier alpha value is -0.410. The lowest BCUT2D eigenvalue weighted by atomic mass is 9.97. The summed E-state index contributed by atoms with van der Waals surface area (Å²) < 4.78 is 0. The summed E-state index contributed by atoms with van der Waals surface area (Å²) in [4.78, 5) is 5.46. The molecule has 0 bridgehead atoms. The molecule has 1 aliphatic rings. The monoisotopic (exact) mass is 224 g/mol. The van der Waals surface area contributed by atoms with Crippen LogP contribution < -0.4 is 5.32 Å². The van der Waals surface area contributed by atoms with Gasteiger partial charge in [-0.3, -0.25) is 4.98 Å². The number of nitrogens with one attached hydrogen (secondary N) is 1. The highest BCUT2D eigenvalue weighted by Crippen LogP contribution is 2.23. The lowest BCUT2D eigenvalue weighted by Crippen LogP contribution is -2.33. The molecule has 0 radical (unpaired) electrons. The normalized spacial score (nSPS) is 27.5. The minimum Gasteiger partial charge on any atom is -0.309 e. The van der Waals surface area contributed by atoms with Crippen molar-refractivity contribution in [3.63, 3.8) is 0 Å². The van der Waals surface area contributed by atoms with E-state index in [4.69, 9.17) is 0 Å². The van der Waals surface area contributed by atoms with Crippen LogP contribution in [0.1, 0.15) is 43.9 Å². The summed E-state index contributed by atoms with van der Waals surface area (Å²) in [5, 5.41) is 3.68. The molecule has 1 aromatic rings. The van der Waals surface area contributed by atoms with Crippen LogP contribution in [0.4, 0.5) is 0 Å². The molecule has 0 aromatic carbocycles. The van der Waals surface area contributed by atoms with Crippen LogP contribution >= 0.6 is 11.3 Å². The van der Waals surface area contributed by atoms with Gasteiger partial charge in [0, 0.05) is 23.7 Å². The van der Waals surface area contributed by atoms with Crippen LogP contribution in [0.3, 0.4) is 0 Å². The van der Waals surface area contributed by atoms with Crippen LogP contribution in [-0.4, -0.2) is 11.0 Å². The Balaban J connectivity index is 1.81. The Labute approximate surface area is 96.1 Å². The summed E-state index contributed by atoms with van der Waals surface area (Å²) in [6.07, 6.45) is 8.94. The lowest BCUT2D eigenvalue weighted by molar-refractivity contribution is 0.357. The van der Waals surface area contributed by atoms with E-state index >= 15 is 0 Å². The topological polar surface area (TPSA) is 24.9 Å². The van der Waals surface area contributed by atoms with Crippen LogP contribution in [0.15, 0.2) is 11.7 Å². The van der Waals surface area contributed by atoms with Crippen molar-refractivity contribution in [1.82, 2.24) is 10.3 Å². The van der Waals surface area contributed by atoms with Gasteiger partial charge in [-0.1, -0.05) is 26.2 Å². The molecule has 84 valence electrons. The molecule has 1 N–H and O–H groups in total. The highest BCUT2D eigenvalue weighted by molar-refractivity contribution is 7.09. The zero-order chi connectivity index (χ0) is 10.5. The smallest absolute Gasteiger partial charge is 0.0794 e. The van der Waals surface area contributed by atoms with Crippen LogP contribution in [0, 0.1) is 5.92 Å². The van der Waals surface area contributed by atoms with Gasteiger partial charge in [-0.15, -0.1) is 11.3 Å². The quantitative estimate of drug-likeness (QED) is 0.798. The van der Waals surface area contributed by atoms with E-state index in [1.807, 2.05) is 11.7 Å². The van der Waals surface area contributed by atoms with Crippen molar-refractivity contribution >= 4 is 11.3 Å². The third-order valence-corrected chi connectivity index (χ3v) is 4.16. The average molecular weight is 224 g/mol. The maximum atomic E-state index is 4.10. The second kappa shape index (κ2) is 5.61. The van der Waals surface area contributed by atoms with Gasteiger partial charge in [0.1, 0.15) is 0 Å². The number of aromatic nitrogens is 1. The Bertz CT molecular complexity index is 271. The number of rotatable bonds is 3. The molecule has 15 heavy (non-hydrogen) atoms. The van der Waals surface area contributed by atoms with E-state index in [0.29, 0.717) is 0 Å². The van der Waals surface area contributed by atoms with Gasteiger partial charge in [0.25, 0.3) is 0 Å². The summed E-state index contributed by atoms with van der Waals surface area (Å²) >= 11 is 1.74. The van der Waals surface area contributed by atoms with Crippen molar-refractivity contribution in [2.24, 2.45) is 5.92 Å². The van der Waals surface area contributed by atoms with Crippen molar-refractivity contribution in [2.75, 3.05) is 0 Å². The Morgan fingerprint density at radius 3 is 3.07 bits per heavy atom. The maximum absolute atomic E-state index is 4.10. The Kier molecular flexibility index (Phi) is 4.15. The Morgan fingerprint density at radius 2 is 2.27 bits per heavy atom. The summed E-state index contributed by atoms with van der Waals surface area (Å²) in [5.41, 5.74) is 1.91. The third-order valence-electron chi connectivity index (χ3n) is 3.38. The molecule has 1 heterocycles. The van der Waals surface area contributed by atoms with Crippen LogP contribution in [0.2, 0.25) is 0 Å². The maximum Gasteiger partial charge on any atom is 0.0794 e. The van der Waals surface area contributed by atoms with E-state index in [1.165, 1.54) is 37.0 Å². The highest BCUT2D eigenvalue weighted by Gasteiger charge is 2.19. The first kappa shape index (κ1) is 11.1. The first-order chi connectivity index (χ1) is 7.36. The van der Waals surface area contributed by atoms with Gasteiger partial charge >= 0.3 is 0 Å². The molecule has 1 saturated carbocycles. The van der Waals surface area contributed by atoms with Crippen LogP contribution in [-0.2, 0) is 6.54 Å². The number of hydrogen-bond donors (Lipinski definition) is 1. The molecular formula is C12H20N2S. The largest absolute Gasteiger partial charge is 0.309 e. The molecule has 3 heteroatoms. The number of hydrogen-bond acceptors (Lipinski definition) is 3. The third kappa shape index (κ3) is 3.28. The van der Waals surface area contributed by atoms with Crippen molar-refractivity contribution in [3.05, 3.63) is 16.6 Å². The molecule has 1 aromatic heterocycles. The first-order valence-electron chi connectivity index (χ1n) is 5.97. The minimum absolute atomic E-state index is 0.717. The second-order valence-electron chi connectivity index (χ2n) is 4.57. The molecular weight excluding hydrogens is 204 g/mol. The van der Waals surface area contributed by atoms with Crippen LogP contribution in [0.5, 0.6) is 0 Å². The second-order valence-corrected chi connectivity index (χ2v) is 5.54. The lowest BCUT2D eigenvalue weighted by Gasteiger charge is -2.22. The van der Waals surface area contributed by atoms with Gasteiger partial charge in [-0.05, 0) is 18.8 Å². The van der Waals surface area contributed by atoms with Gasteiger partial charge in [-0.2, -0.15) is 0 Å². The molecule has 2 rings (SSSR count). The molecule has 2 unspecified atom stereocenters. The van der Waals surface area contributed by atoms with Gasteiger partial charge in [-0.25, -0.2) is 0 Å². The number of nitrogens with zero attached hydrogens (tertiary/aromatic N) is 1. The van der Waals surface area contributed by atoms with Crippen molar-refractivity contribution in [3.8, 4) is 0 Å². The predicted octanol–water partition coefficient (Wildman–Crippen LogP) is 3.20. The van der Waals surface area contributed by atoms with E-state index < -0.39 is 0 Å². The molecule has 0 spiro atoms.